The summed E-state index contributed by atoms with van der Waals surface area (Å²) in [5, 5.41) is 4.96. The fourth-order valence-electron chi connectivity index (χ4n) is 3.29. The van der Waals surface area contributed by atoms with E-state index >= 15 is 0 Å². The number of nitrogens with zero attached hydrogens (tertiary/aromatic N) is 2. The minimum absolute atomic E-state index is 0.0147. The minimum atomic E-state index is -0.363. The zero-order valence-electron chi connectivity index (χ0n) is 12.8. The third-order valence-corrected chi connectivity index (χ3v) is 5.54. The maximum atomic E-state index is 12.9. The molecule has 1 N–H and O–H groups in total. The average molecular weight is 319 g/mol. The van der Waals surface area contributed by atoms with Crippen molar-refractivity contribution in [2.24, 2.45) is 10.4 Å². The van der Waals surface area contributed by atoms with Gasteiger partial charge in [-0.3, -0.25) is 19.8 Å². The Morgan fingerprint density at radius 3 is 2.77 bits per heavy atom. The lowest BCUT2D eigenvalue weighted by Gasteiger charge is -2.35. The number of hydrogen-bond donors (Lipinski definition) is 1. The molecule has 1 saturated carbocycles. The highest BCUT2D eigenvalue weighted by Crippen LogP contribution is 2.40. The van der Waals surface area contributed by atoms with Crippen molar-refractivity contribution in [2.45, 2.75) is 38.5 Å². The van der Waals surface area contributed by atoms with E-state index in [0.717, 1.165) is 32.1 Å². The zero-order valence-corrected chi connectivity index (χ0v) is 13.6. The molecule has 0 atom stereocenters. The molecular weight excluding hydrogens is 298 g/mol. The van der Waals surface area contributed by atoms with E-state index in [1.54, 1.807) is 18.4 Å². The summed E-state index contributed by atoms with van der Waals surface area (Å²) < 4.78 is 0. The van der Waals surface area contributed by atoms with E-state index in [-0.39, 0.29) is 23.8 Å². The second-order valence-electron chi connectivity index (χ2n) is 6.14. The Morgan fingerprint density at radius 1 is 1.41 bits per heavy atom. The molecule has 1 aliphatic heterocycles. The molecule has 1 fully saturated rings. The quantitative estimate of drug-likeness (QED) is 0.928. The Bertz CT molecular complexity index is 589. The number of nitrogens with one attached hydrogen (secondary N) is 1. The molecule has 0 aromatic carbocycles. The highest BCUT2D eigenvalue weighted by Gasteiger charge is 2.41. The highest BCUT2D eigenvalue weighted by atomic mass is 32.1. The molecule has 2 aliphatic rings. The molecule has 0 unspecified atom stereocenters. The van der Waals surface area contributed by atoms with Gasteiger partial charge < -0.3 is 0 Å². The molecule has 0 spiro atoms. The van der Waals surface area contributed by atoms with Crippen molar-refractivity contribution in [2.75, 3.05) is 13.6 Å². The van der Waals surface area contributed by atoms with Crippen LogP contribution in [0.1, 0.15) is 37.0 Å². The SMILES string of the molecule is CN1C(=O)CN=C1NC(=O)C1(Cc2cccs2)CCCCC1. The van der Waals surface area contributed by atoms with Crippen LogP contribution < -0.4 is 5.32 Å². The maximum Gasteiger partial charge on any atom is 0.250 e. The van der Waals surface area contributed by atoms with Crippen molar-refractivity contribution in [1.82, 2.24) is 10.2 Å². The smallest absolute Gasteiger partial charge is 0.250 e. The number of amides is 2. The Labute approximate surface area is 134 Å². The Balaban J connectivity index is 1.77. The molecule has 2 amide bonds. The van der Waals surface area contributed by atoms with Gasteiger partial charge in [0.05, 0.1) is 5.41 Å². The summed E-state index contributed by atoms with van der Waals surface area (Å²) in [7, 11) is 1.65. The molecular formula is C16H21N3O2S. The summed E-state index contributed by atoms with van der Waals surface area (Å²) >= 11 is 1.70. The summed E-state index contributed by atoms with van der Waals surface area (Å²) in [4.78, 5) is 31.3. The number of likely N-dealkylation sites (N-methyl/N-ethyl adjacent to an activating group) is 1. The standard InChI is InChI=1S/C16H21N3O2S/c1-19-13(20)11-17-15(19)18-14(21)16(7-3-2-4-8-16)10-12-6-5-9-22-12/h5-6,9H,2-4,7-8,10-11H2,1H3,(H,17,18,21). The van der Waals surface area contributed by atoms with Crippen LogP contribution in [0, 0.1) is 5.41 Å². The predicted octanol–water partition coefficient (Wildman–Crippen LogP) is 2.19. The summed E-state index contributed by atoms with van der Waals surface area (Å²) in [6, 6.07) is 4.12. The summed E-state index contributed by atoms with van der Waals surface area (Å²) in [6.07, 6.45) is 5.95. The predicted molar refractivity (Wildman–Crippen MR) is 86.8 cm³/mol. The first-order valence-electron chi connectivity index (χ1n) is 7.76. The number of hydrogen-bond acceptors (Lipinski definition) is 4. The molecule has 22 heavy (non-hydrogen) atoms. The van der Waals surface area contributed by atoms with Crippen molar-refractivity contribution in [3.63, 3.8) is 0 Å². The van der Waals surface area contributed by atoms with Crippen molar-refractivity contribution in [3.8, 4) is 0 Å². The molecule has 118 valence electrons. The first-order valence-corrected chi connectivity index (χ1v) is 8.64. The van der Waals surface area contributed by atoms with Gasteiger partial charge in [0.15, 0.2) is 0 Å². The summed E-state index contributed by atoms with van der Waals surface area (Å²) in [6.45, 7) is 0.129. The average Bonchev–Trinajstić information content (AvgIpc) is 3.13. The normalized spacial score (nSPS) is 20.9. The number of guanidine groups is 1. The lowest BCUT2D eigenvalue weighted by Crippen LogP contribution is -2.49. The number of carbonyl (C=O) groups excluding carboxylic acids is 2. The molecule has 0 radical (unpaired) electrons. The van der Waals surface area contributed by atoms with Crippen LogP contribution in [0.15, 0.2) is 22.5 Å². The van der Waals surface area contributed by atoms with E-state index in [1.165, 1.54) is 16.2 Å². The van der Waals surface area contributed by atoms with Crippen LogP contribution in [-0.4, -0.2) is 36.3 Å². The van der Waals surface area contributed by atoms with E-state index in [1.807, 2.05) is 6.07 Å². The zero-order chi connectivity index (χ0) is 15.6. The number of carbonyl (C=O) groups is 2. The largest absolute Gasteiger partial charge is 0.296 e. The summed E-state index contributed by atoms with van der Waals surface area (Å²) in [5.41, 5.74) is -0.363. The fourth-order valence-corrected chi connectivity index (χ4v) is 4.14. The van der Waals surface area contributed by atoms with Gasteiger partial charge in [-0.15, -0.1) is 11.3 Å². The van der Waals surface area contributed by atoms with Crippen LogP contribution in [0.25, 0.3) is 0 Å². The van der Waals surface area contributed by atoms with Gasteiger partial charge in [-0.2, -0.15) is 0 Å². The van der Waals surface area contributed by atoms with Crippen LogP contribution in [0.3, 0.4) is 0 Å². The molecule has 5 nitrogen and oxygen atoms in total. The minimum Gasteiger partial charge on any atom is -0.296 e. The monoisotopic (exact) mass is 319 g/mol. The number of aliphatic imine (C=N–C) groups is 1. The third kappa shape index (κ3) is 2.92. The van der Waals surface area contributed by atoms with Gasteiger partial charge in [-0.05, 0) is 30.7 Å². The van der Waals surface area contributed by atoms with E-state index in [2.05, 4.69) is 21.8 Å². The van der Waals surface area contributed by atoms with Gasteiger partial charge in [-0.1, -0.05) is 25.3 Å². The van der Waals surface area contributed by atoms with Crippen molar-refractivity contribution >= 4 is 29.1 Å². The second kappa shape index (κ2) is 6.20. The number of rotatable bonds is 3. The van der Waals surface area contributed by atoms with Crippen molar-refractivity contribution in [3.05, 3.63) is 22.4 Å². The molecule has 6 heteroatoms. The van der Waals surface area contributed by atoms with Crippen LogP contribution in [-0.2, 0) is 16.0 Å². The topological polar surface area (TPSA) is 61.8 Å². The van der Waals surface area contributed by atoms with Crippen molar-refractivity contribution < 1.29 is 9.59 Å². The van der Waals surface area contributed by atoms with Gasteiger partial charge in [-0.25, -0.2) is 4.99 Å². The van der Waals surface area contributed by atoms with E-state index < -0.39 is 0 Å². The third-order valence-electron chi connectivity index (χ3n) is 4.67. The Hall–Kier alpha value is -1.69. The second-order valence-corrected chi connectivity index (χ2v) is 7.18. The first kappa shape index (κ1) is 15.2. The molecule has 2 heterocycles. The fraction of sp³-hybridized carbons (Fsp3) is 0.562. The van der Waals surface area contributed by atoms with E-state index in [9.17, 15) is 9.59 Å². The van der Waals surface area contributed by atoms with Crippen LogP contribution in [0.2, 0.25) is 0 Å². The molecule has 1 aromatic heterocycles. The van der Waals surface area contributed by atoms with Crippen LogP contribution >= 0.6 is 11.3 Å². The van der Waals surface area contributed by atoms with Gasteiger partial charge in [0.2, 0.25) is 11.9 Å². The van der Waals surface area contributed by atoms with Crippen molar-refractivity contribution in [1.29, 1.82) is 0 Å². The molecule has 3 rings (SSSR count). The van der Waals surface area contributed by atoms with Gasteiger partial charge in [0.25, 0.3) is 5.91 Å². The van der Waals surface area contributed by atoms with Gasteiger partial charge >= 0.3 is 0 Å². The first-order chi connectivity index (χ1) is 10.6. The lowest BCUT2D eigenvalue weighted by atomic mass is 9.71. The lowest BCUT2D eigenvalue weighted by molar-refractivity contribution is -0.131. The molecule has 0 bridgehead atoms. The highest BCUT2D eigenvalue weighted by molar-refractivity contribution is 7.09. The molecule has 1 aliphatic carbocycles. The van der Waals surface area contributed by atoms with Gasteiger partial charge in [0, 0.05) is 11.9 Å². The Kier molecular flexibility index (Phi) is 4.29. The Morgan fingerprint density at radius 2 is 2.18 bits per heavy atom. The van der Waals surface area contributed by atoms with Crippen LogP contribution in [0.5, 0.6) is 0 Å². The maximum absolute atomic E-state index is 12.9. The number of thiophene rings is 1. The molecule has 0 saturated heterocycles. The van der Waals surface area contributed by atoms with Crippen LogP contribution in [0.4, 0.5) is 0 Å². The van der Waals surface area contributed by atoms with E-state index in [4.69, 9.17) is 0 Å². The molecule has 1 aromatic rings. The van der Waals surface area contributed by atoms with E-state index in [0.29, 0.717) is 5.96 Å². The summed E-state index contributed by atoms with van der Waals surface area (Å²) in [5.74, 6) is 0.332. The van der Waals surface area contributed by atoms with Gasteiger partial charge in [0.1, 0.15) is 6.54 Å².